The van der Waals surface area contributed by atoms with Crippen molar-refractivity contribution in [2.75, 3.05) is 6.54 Å². The van der Waals surface area contributed by atoms with Crippen LogP contribution >= 0.6 is 0 Å². The molecule has 0 saturated heterocycles. The second-order valence-electron chi connectivity index (χ2n) is 4.62. The summed E-state index contributed by atoms with van der Waals surface area (Å²) in [5.74, 6) is 0. The first-order valence-corrected chi connectivity index (χ1v) is 6.38. The topological polar surface area (TPSA) is 47.7 Å². The van der Waals surface area contributed by atoms with Crippen LogP contribution in [0.25, 0.3) is 0 Å². The van der Waals surface area contributed by atoms with E-state index < -0.39 is 0 Å². The van der Waals surface area contributed by atoms with Gasteiger partial charge in [0.1, 0.15) is 0 Å². The molecule has 0 bridgehead atoms. The first-order chi connectivity index (χ1) is 8.70. The van der Waals surface area contributed by atoms with Crippen molar-refractivity contribution in [2.24, 2.45) is 14.1 Å². The fourth-order valence-corrected chi connectivity index (χ4v) is 2.08. The van der Waals surface area contributed by atoms with E-state index in [0.717, 1.165) is 25.1 Å². The molecule has 0 aliphatic rings. The lowest BCUT2D eigenvalue weighted by Crippen LogP contribution is -2.26. The standard InChI is InChI=1S/C13H21N5/c1-4-6-15-12(13-9-14-10-17(13)2)8-11-5-7-18(3)16-11/h5,7,9-10,12,15H,4,6,8H2,1-3H3. The van der Waals surface area contributed by atoms with Gasteiger partial charge in [-0.25, -0.2) is 4.98 Å². The number of nitrogens with zero attached hydrogens (tertiary/aromatic N) is 4. The molecule has 2 heterocycles. The van der Waals surface area contributed by atoms with Crippen LogP contribution in [0.5, 0.6) is 0 Å². The van der Waals surface area contributed by atoms with Crippen LogP contribution in [0.4, 0.5) is 0 Å². The Bertz CT molecular complexity index is 485. The van der Waals surface area contributed by atoms with Crippen LogP contribution in [0.1, 0.15) is 30.8 Å². The van der Waals surface area contributed by atoms with E-state index in [0.29, 0.717) is 0 Å². The number of rotatable bonds is 6. The van der Waals surface area contributed by atoms with Gasteiger partial charge in [-0.2, -0.15) is 5.10 Å². The molecule has 0 aliphatic carbocycles. The zero-order chi connectivity index (χ0) is 13.0. The zero-order valence-corrected chi connectivity index (χ0v) is 11.3. The van der Waals surface area contributed by atoms with Crippen LogP contribution in [0, 0.1) is 0 Å². The van der Waals surface area contributed by atoms with Gasteiger partial charge in [-0.15, -0.1) is 0 Å². The maximum atomic E-state index is 4.45. The molecule has 0 fully saturated rings. The summed E-state index contributed by atoms with van der Waals surface area (Å²) in [4.78, 5) is 4.19. The summed E-state index contributed by atoms with van der Waals surface area (Å²) in [7, 11) is 3.98. The number of imidazole rings is 1. The van der Waals surface area contributed by atoms with Crippen LogP contribution in [-0.2, 0) is 20.5 Å². The van der Waals surface area contributed by atoms with Crippen molar-refractivity contribution in [3.63, 3.8) is 0 Å². The van der Waals surface area contributed by atoms with Gasteiger partial charge in [-0.3, -0.25) is 4.68 Å². The molecular weight excluding hydrogens is 226 g/mol. The molecule has 1 N–H and O–H groups in total. The minimum atomic E-state index is 0.271. The van der Waals surface area contributed by atoms with Crippen LogP contribution < -0.4 is 5.32 Å². The summed E-state index contributed by atoms with van der Waals surface area (Å²) >= 11 is 0. The Morgan fingerprint density at radius 3 is 2.78 bits per heavy atom. The summed E-state index contributed by atoms with van der Waals surface area (Å²) in [5.41, 5.74) is 2.31. The molecule has 0 spiro atoms. The fraction of sp³-hybridized carbons (Fsp3) is 0.538. The molecule has 0 amide bonds. The van der Waals surface area contributed by atoms with E-state index in [-0.39, 0.29) is 6.04 Å². The van der Waals surface area contributed by atoms with Crippen LogP contribution in [0.3, 0.4) is 0 Å². The summed E-state index contributed by atoms with van der Waals surface area (Å²) in [5, 5.41) is 8.01. The quantitative estimate of drug-likeness (QED) is 0.840. The average Bonchev–Trinajstić information content (AvgIpc) is 2.93. The number of nitrogens with one attached hydrogen (secondary N) is 1. The third-order valence-corrected chi connectivity index (χ3v) is 3.03. The van der Waals surface area contributed by atoms with Crippen molar-refractivity contribution < 1.29 is 0 Å². The normalized spacial score (nSPS) is 12.8. The number of hydrogen-bond donors (Lipinski definition) is 1. The highest BCUT2D eigenvalue weighted by Gasteiger charge is 2.15. The molecule has 0 aliphatic heterocycles. The number of hydrogen-bond acceptors (Lipinski definition) is 3. The van der Waals surface area contributed by atoms with Crippen LogP contribution in [0.15, 0.2) is 24.8 Å². The van der Waals surface area contributed by atoms with Gasteiger partial charge < -0.3 is 9.88 Å². The Hall–Kier alpha value is -1.62. The molecule has 0 aromatic carbocycles. The lowest BCUT2D eigenvalue weighted by Gasteiger charge is -2.18. The van der Waals surface area contributed by atoms with Crippen molar-refractivity contribution >= 4 is 0 Å². The van der Waals surface area contributed by atoms with Crippen molar-refractivity contribution in [3.05, 3.63) is 36.2 Å². The third kappa shape index (κ3) is 2.98. The summed E-state index contributed by atoms with van der Waals surface area (Å²) < 4.78 is 3.91. The lowest BCUT2D eigenvalue weighted by atomic mass is 10.1. The first kappa shape index (κ1) is 12.8. The largest absolute Gasteiger partial charge is 0.336 e. The van der Waals surface area contributed by atoms with Crippen LogP contribution in [-0.4, -0.2) is 25.9 Å². The molecule has 2 rings (SSSR count). The molecule has 1 unspecified atom stereocenters. The summed E-state index contributed by atoms with van der Waals surface area (Å²) in [6.07, 6.45) is 7.76. The van der Waals surface area contributed by atoms with Gasteiger partial charge in [-0.1, -0.05) is 6.92 Å². The highest BCUT2D eigenvalue weighted by Crippen LogP contribution is 2.16. The SMILES string of the molecule is CCCNC(Cc1ccn(C)n1)c1cncn1C. The third-order valence-electron chi connectivity index (χ3n) is 3.03. The predicted molar refractivity (Wildman–Crippen MR) is 71.2 cm³/mol. The van der Waals surface area contributed by atoms with Gasteiger partial charge in [-0.05, 0) is 19.0 Å². The Morgan fingerprint density at radius 2 is 2.22 bits per heavy atom. The minimum absolute atomic E-state index is 0.271. The van der Waals surface area contributed by atoms with E-state index in [9.17, 15) is 0 Å². The number of aromatic nitrogens is 4. The monoisotopic (exact) mass is 247 g/mol. The molecule has 98 valence electrons. The molecule has 0 saturated carbocycles. The maximum absolute atomic E-state index is 4.45. The molecule has 18 heavy (non-hydrogen) atoms. The van der Waals surface area contributed by atoms with Crippen molar-refractivity contribution in [2.45, 2.75) is 25.8 Å². The van der Waals surface area contributed by atoms with Gasteiger partial charge in [0.15, 0.2) is 0 Å². The Labute approximate surface area is 108 Å². The highest BCUT2D eigenvalue weighted by atomic mass is 15.2. The maximum Gasteiger partial charge on any atom is 0.0946 e. The molecule has 0 radical (unpaired) electrons. The molecule has 2 aromatic heterocycles. The summed E-state index contributed by atoms with van der Waals surface area (Å²) in [6, 6.07) is 2.34. The van der Waals surface area contributed by atoms with E-state index in [1.807, 2.05) is 37.5 Å². The van der Waals surface area contributed by atoms with Gasteiger partial charge in [0.25, 0.3) is 0 Å². The van der Waals surface area contributed by atoms with E-state index in [4.69, 9.17) is 0 Å². The Kier molecular flexibility index (Phi) is 4.15. The van der Waals surface area contributed by atoms with Crippen molar-refractivity contribution in [1.82, 2.24) is 24.6 Å². The second kappa shape index (κ2) is 5.82. The van der Waals surface area contributed by atoms with Gasteiger partial charge in [0, 0.05) is 32.9 Å². The zero-order valence-electron chi connectivity index (χ0n) is 11.3. The predicted octanol–water partition coefficient (Wildman–Crippen LogP) is 1.44. The van der Waals surface area contributed by atoms with Gasteiger partial charge in [0.05, 0.1) is 23.8 Å². The first-order valence-electron chi connectivity index (χ1n) is 6.38. The average molecular weight is 247 g/mol. The van der Waals surface area contributed by atoms with E-state index in [2.05, 4.69) is 33.0 Å². The van der Waals surface area contributed by atoms with E-state index in [1.54, 1.807) is 0 Å². The molecule has 5 heteroatoms. The second-order valence-corrected chi connectivity index (χ2v) is 4.62. The molecule has 2 aromatic rings. The smallest absolute Gasteiger partial charge is 0.0946 e. The van der Waals surface area contributed by atoms with Crippen molar-refractivity contribution in [1.29, 1.82) is 0 Å². The van der Waals surface area contributed by atoms with Gasteiger partial charge >= 0.3 is 0 Å². The molecule has 5 nitrogen and oxygen atoms in total. The Morgan fingerprint density at radius 1 is 1.39 bits per heavy atom. The Balaban J connectivity index is 2.12. The highest BCUT2D eigenvalue weighted by molar-refractivity contribution is 5.11. The summed E-state index contributed by atoms with van der Waals surface area (Å²) in [6.45, 7) is 3.18. The van der Waals surface area contributed by atoms with Gasteiger partial charge in [0.2, 0.25) is 0 Å². The minimum Gasteiger partial charge on any atom is -0.336 e. The van der Waals surface area contributed by atoms with E-state index in [1.165, 1.54) is 5.69 Å². The fourth-order valence-electron chi connectivity index (χ4n) is 2.08. The van der Waals surface area contributed by atoms with Crippen LogP contribution in [0.2, 0.25) is 0 Å². The lowest BCUT2D eigenvalue weighted by molar-refractivity contribution is 0.497. The van der Waals surface area contributed by atoms with Crippen molar-refractivity contribution in [3.8, 4) is 0 Å². The number of aryl methyl sites for hydroxylation is 2. The molecular formula is C13H21N5. The molecule has 1 atom stereocenters. The van der Waals surface area contributed by atoms with E-state index >= 15 is 0 Å².